The molecule has 0 saturated carbocycles. The minimum Gasteiger partial charge on any atom is -0.366 e. The Kier molecular flexibility index (Phi) is 7.17. The molecule has 0 atom stereocenters. The SMILES string of the molecule is Cl.N#Cc1c(N2CCS(=O)(=O)CC2)nc(N2CCNCC2)c2c1CN(c1cccc3ccccc13)CC2. The molecule has 2 saturated heterocycles. The standard InChI is InChI=1S/C27H30N6O2S.ClH/c28-18-23-24-19-33(25-7-3-5-20-4-1-2-6-21(20)25)11-8-22(24)26(31-12-9-29-10-13-31)30-27(23)32-14-16-36(34,35)17-15-32;/h1-7,29H,8-17,19H2;1H. The third kappa shape index (κ3) is 4.81. The van der Waals surface area contributed by atoms with Crippen molar-refractivity contribution in [2.24, 2.45) is 0 Å². The Morgan fingerprint density at radius 3 is 2.30 bits per heavy atom. The fourth-order valence-electron chi connectivity index (χ4n) is 5.70. The van der Waals surface area contributed by atoms with Gasteiger partial charge < -0.3 is 20.0 Å². The van der Waals surface area contributed by atoms with Crippen LogP contribution in [-0.2, 0) is 22.8 Å². The van der Waals surface area contributed by atoms with Crippen LogP contribution in [0, 0.1) is 11.3 Å². The zero-order valence-corrected chi connectivity index (χ0v) is 22.3. The van der Waals surface area contributed by atoms with Crippen molar-refractivity contribution >= 4 is 50.3 Å². The van der Waals surface area contributed by atoms with Crippen molar-refractivity contribution in [2.75, 3.05) is 72.0 Å². The highest BCUT2D eigenvalue weighted by atomic mass is 35.5. The fraction of sp³-hybridized carbons (Fsp3) is 0.407. The predicted octanol–water partition coefficient (Wildman–Crippen LogP) is 2.74. The van der Waals surface area contributed by atoms with Gasteiger partial charge in [-0.2, -0.15) is 5.26 Å². The summed E-state index contributed by atoms with van der Waals surface area (Å²) < 4.78 is 24.2. The topological polar surface area (TPSA) is 92.6 Å². The van der Waals surface area contributed by atoms with Crippen LogP contribution in [-0.4, -0.2) is 70.7 Å². The second-order valence-electron chi connectivity index (χ2n) is 9.75. The number of nitriles is 1. The lowest BCUT2D eigenvalue weighted by atomic mass is 9.94. The fourth-order valence-corrected chi connectivity index (χ4v) is 6.90. The average Bonchev–Trinajstić information content (AvgIpc) is 2.92. The quantitative estimate of drug-likeness (QED) is 0.544. The minimum atomic E-state index is -3.04. The highest BCUT2D eigenvalue weighted by Crippen LogP contribution is 2.38. The summed E-state index contributed by atoms with van der Waals surface area (Å²) in [5.41, 5.74) is 3.96. The molecule has 0 radical (unpaired) electrons. The number of sulfone groups is 1. The van der Waals surface area contributed by atoms with Gasteiger partial charge in [0.1, 0.15) is 17.7 Å². The third-order valence-electron chi connectivity index (χ3n) is 7.63. The van der Waals surface area contributed by atoms with E-state index in [4.69, 9.17) is 4.98 Å². The molecule has 0 amide bonds. The number of fused-ring (bicyclic) bond motifs is 2. The summed E-state index contributed by atoms with van der Waals surface area (Å²) in [4.78, 5) is 11.8. The van der Waals surface area contributed by atoms with Crippen molar-refractivity contribution < 1.29 is 8.42 Å². The maximum atomic E-state index is 12.1. The summed E-state index contributed by atoms with van der Waals surface area (Å²) in [5, 5.41) is 16.2. The highest BCUT2D eigenvalue weighted by Gasteiger charge is 2.32. The van der Waals surface area contributed by atoms with Gasteiger partial charge in [0.15, 0.2) is 9.84 Å². The van der Waals surface area contributed by atoms with E-state index in [1.54, 1.807) is 0 Å². The molecule has 2 aromatic carbocycles. The molecule has 0 unspecified atom stereocenters. The maximum absolute atomic E-state index is 12.1. The van der Waals surface area contributed by atoms with E-state index in [2.05, 4.69) is 63.7 Å². The van der Waals surface area contributed by atoms with Crippen molar-refractivity contribution in [1.82, 2.24) is 10.3 Å². The van der Waals surface area contributed by atoms with Crippen molar-refractivity contribution in [2.45, 2.75) is 13.0 Å². The molecule has 1 aromatic heterocycles. The number of nitrogens with one attached hydrogen (secondary N) is 1. The number of anilines is 3. The molecule has 4 heterocycles. The van der Waals surface area contributed by atoms with Crippen molar-refractivity contribution in [3.05, 3.63) is 59.2 Å². The molecule has 0 spiro atoms. The summed E-state index contributed by atoms with van der Waals surface area (Å²) in [7, 11) is -3.04. The molecule has 2 fully saturated rings. The number of nitrogens with zero attached hydrogens (tertiary/aromatic N) is 5. The van der Waals surface area contributed by atoms with Gasteiger partial charge in [-0.25, -0.2) is 13.4 Å². The molecule has 194 valence electrons. The zero-order chi connectivity index (χ0) is 24.7. The lowest BCUT2D eigenvalue weighted by Crippen LogP contribution is -2.46. The van der Waals surface area contributed by atoms with E-state index >= 15 is 0 Å². The van der Waals surface area contributed by atoms with Gasteiger partial charge in [0.05, 0.1) is 17.1 Å². The Labute approximate surface area is 224 Å². The molecule has 3 aliphatic heterocycles. The van der Waals surface area contributed by atoms with Gasteiger partial charge in [0, 0.05) is 69.0 Å². The van der Waals surface area contributed by atoms with Gasteiger partial charge in [-0.3, -0.25) is 0 Å². The molecule has 3 aromatic rings. The predicted molar refractivity (Wildman–Crippen MR) is 151 cm³/mol. The Morgan fingerprint density at radius 1 is 0.838 bits per heavy atom. The van der Waals surface area contributed by atoms with E-state index in [1.807, 2.05) is 4.90 Å². The molecule has 0 aliphatic carbocycles. The Balaban J connectivity index is 0.00000280. The number of rotatable bonds is 3. The summed E-state index contributed by atoms with van der Waals surface area (Å²) in [6, 6.07) is 17.3. The second kappa shape index (κ2) is 10.4. The van der Waals surface area contributed by atoms with Crippen molar-refractivity contribution in [3.63, 3.8) is 0 Å². The van der Waals surface area contributed by atoms with Gasteiger partial charge in [-0.1, -0.05) is 36.4 Å². The number of aromatic nitrogens is 1. The van der Waals surface area contributed by atoms with E-state index in [0.717, 1.165) is 50.5 Å². The summed E-state index contributed by atoms with van der Waals surface area (Å²) in [6.07, 6.45) is 0.814. The number of halogens is 1. The van der Waals surface area contributed by atoms with Crippen LogP contribution >= 0.6 is 12.4 Å². The van der Waals surface area contributed by atoms with E-state index in [9.17, 15) is 13.7 Å². The largest absolute Gasteiger partial charge is 0.366 e. The number of piperazine rings is 1. The summed E-state index contributed by atoms with van der Waals surface area (Å²) in [6.45, 7) is 5.76. The van der Waals surface area contributed by atoms with Gasteiger partial charge >= 0.3 is 0 Å². The number of hydrogen-bond acceptors (Lipinski definition) is 8. The van der Waals surface area contributed by atoms with Crippen LogP contribution in [0.25, 0.3) is 10.8 Å². The number of pyridine rings is 1. The lowest BCUT2D eigenvalue weighted by Gasteiger charge is -2.38. The Hall–Kier alpha value is -3.06. The second-order valence-corrected chi connectivity index (χ2v) is 12.1. The molecule has 1 N–H and O–H groups in total. The van der Waals surface area contributed by atoms with Crippen molar-refractivity contribution in [3.8, 4) is 6.07 Å². The first kappa shape index (κ1) is 25.6. The third-order valence-corrected chi connectivity index (χ3v) is 9.24. The van der Waals surface area contributed by atoms with E-state index in [0.29, 0.717) is 31.0 Å². The van der Waals surface area contributed by atoms with Crippen molar-refractivity contribution in [1.29, 1.82) is 5.26 Å². The van der Waals surface area contributed by atoms with Crippen LogP contribution < -0.4 is 20.0 Å². The molecular formula is C27H31ClN6O2S. The summed E-state index contributed by atoms with van der Waals surface area (Å²) >= 11 is 0. The first-order valence-corrected chi connectivity index (χ1v) is 14.5. The van der Waals surface area contributed by atoms with Crippen LogP contribution in [0.3, 0.4) is 0 Å². The Morgan fingerprint density at radius 2 is 1.54 bits per heavy atom. The number of benzene rings is 2. The molecular weight excluding hydrogens is 508 g/mol. The van der Waals surface area contributed by atoms with Crippen LogP contribution in [0.5, 0.6) is 0 Å². The van der Waals surface area contributed by atoms with Crippen LogP contribution in [0.4, 0.5) is 17.3 Å². The van der Waals surface area contributed by atoms with Gasteiger partial charge in [0.2, 0.25) is 0 Å². The van der Waals surface area contributed by atoms with Gasteiger partial charge in [-0.05, 0) is 23.4 Å². The molecule has 0 bridgehead atoms. The van der Waals surface area contributed by atoms with Gasteiger partial charge in [0.25, 0.3) is 0 Å². The highest BCUT2D eigenvalue weighted by molar-refractivity contribution is 7.91. The van der Waals surface area contributed by atoms with E-state index in [-0.39, 0.29) is 23.9 Å². The molecule has 3 aliphatic rings. The molecule has 8 nitrogen and oxygen atoms in total. The van der Waals surface area contributed by atoms with Crippen LogP contribution in [0.2, 0.25) is 0 Å². The Bertz CT molecular complexity index is 1450. The maximum Gasteiger partial charge on any atom is 0.153 e. The first-order valence-electron chi connectivity index (χ1n) is 12.6. The molecule has 6 rings (SSSR count). The molecule has 37 heavy (non-hydrogen) atoms. The lowest BCUT2D eigenvalue weighted by molar-refractivity contribution is 0.578. The summed E-state index contributed by atoms with van der Waals surface area (Å²) in [5.74, 6) is 1.80. The number of hydrogen-bond donors (Lipinski definition) is 1. The minimum absolute atomic E-state index is 0. The van der Waals surface area contributed by atoms with E-state index in [1.165, 1.54) is 22.0 Å². The first-order chi connectivity index (χ1) is 17.5. The van der Waals surface area contributed by atoms with Crippen LogP contribution in [0.15, 0.2) is 42.5 Å². The van der Waals surface area contributed by atoms with E-state index < -0.39 is 9.84 Å². The van der Waals surface area contributed by atoms with Crippen LogP contribution in [0.1, 0.15) is 16.7 Å². The monoisotopic (exact) mass is 538 g/mol. The normalized spacial score (nSPS) is 19.2. The average molecular weight is 539 g/mol. The zero-order valence-electron chi connectivity index (χ0n) is 20.7. The van der Waals surface area contributed by atoms with Gasteiger partial charge in [-0.15, -0.1) is 12.4 Å². The molecule has 10 heteroatoms. The smallest absolute Gasteiger partial charge is 0.153 e.